The number of ether oxygens (including phenoxy) is 1. The number of nitrogens with one attached hydrogen (secondary N) is 1. The van der Waals surface area contributed by atoms with Crippen LogP contribution in [-0.2, 0) is 14.3 Å². The van der Waals surface area contributed by atoms with E-state index in [1.807, 2.05) is 18.4 Å². The number of Topliss-reactive ketones (excluding diaryl/α,β-unsaturated/α-hetero) is 1. The van der Waals surface area contributed by atoms with Crippen LogP contribution >= 0.6 is 34.4 Å². The molecule has 9 heteroatoms. The molecule has 1 saturated carbocycles. The third-order valence-electron chi connectivity index (χ3n) is 5.20. The topological polar surface area (TPSA) is 81.2 Å². The maximum absolute atomic E-state index is 12.7. The van der Waals surface area contributed by atoms with Crippen molar-refractivity contribution in [2.45, 2.75) is 36.1 Å². The smallest absolute Gasteiger partial charge is 0.264 e. The van der Waals surface area contributed by atoms with Gasteiger partial charge in [-0.1, -0.05) is 29.5 Å². The highest BCUT2D eigenvalue weighted by Gasteiger charge is 2.39. The largest absolute Gasteiger partial charge is 0.496 e. The number of thiazole rings is 2. The van der Waals surface area contributed by atoms with E-state index in [9.17, 15) is 9.59 Å². The fourth-order valence-electron chi connectivity index (χ4n) is 3.80. The number of aromatic nitrogens is 2. The van der Waals surface area contributed by atoms with E-state index in [4.69, 9.17) is 4.74 Å². The number of ketones is 1. The molecule has 3 heterocycles. The van der Waals surface area contributed by atoms with Crippen molar-refractivity contribution in [2.75, 3.05) is 11.6 Å². The van der Waals surface area contributed by atoms with Crippen molar-refractivity contribution in [3.05, 3.63) is 24.0 Å². The summed E-state index contributed by atoms with van der Waals surface area (Å²) in [7, 11) is 0. The number of thioether (sulfide) groups is 1. The highest BCUT2D eigenvalue weighted by Crippen LogP contribution is 2.38. The summed E-state index contributed by atoms with van der Waals surface area (Å²) in [6, 6.07) is 3.86. The van der Waals surface area contributed by atoms with Crippen LogP contribution in [0.15, 0.2) is 28.3 Å². The molecule has 0 saturated heterocycles. The third kappa shape index (κ3) is 3.01. The van der Waals surface area contributed by atoms with Crippen LogP contribution in [-0.4, -0.2) is 34.0 Å². The van der Waals surface area contributed by atoms with Crippen molar-refractivity contribution in [3.63, 3.8) is 0 Å². The van der Waals surface area contributed by atoms with Gasteiger partial charge in [-0.3, -0.25) is 14.9 Å². The van der Waals surface area contributed by atoms with E-state index < -0.39 is 5.91 Å². The maximum Gasteiger partial charge on any atom is 0.264 e. The predicted octanol–water partition coefficient (Wildman–Crippen LogP) is 4.61. The van der Waals surface area contributed by atoms with Gasteiger partial charge in [0.15, 0.2) is 15.3 Å². The first-order valence-corrected chi connectivity index (χ1v) is 11.9. The number of carbonyl (C=O) groups is 2. The SMILES string of the molecule is CSc1nc2ccc3nc(NC(=O)C4=COC5CCCCC5C4=O)sc3c2s1. The van der Waals surface area contributed by atoms with Crippen LogP contribution in [0.2, 0.25) is 0 Å². The lowest BCUT2D eigenvalue weighted by molar-refractivity contribution is -0.129. The number of benzene rings is 1. The lowest BCUT2D eigenvalue weighted by Crippen LogP contribution is -2.39. The molecule has 5 rings (SSSR count). The van der Waals surface area contributed by atoms with Crippen LogP contribution in [0.1, 0.15) is 25.7 Å². The van der Waals surface area contributed by atoms with E-state index >= 15 is 0 Å². The first-order chi connectivity index (χ1) is 13.6. The van der Waals surface area contributed by atoms with Gasteiger partial charge >= 0.3 is 0 Å². The molecule has 144 valence electrons. The summed E-state index contributed by atoms with van der Waals surface area (Å²) in [6.45, 7) is 0. The Morgan fingerprint density at radius 1 is 1.18 bits per heavy atom. The number of hydrogen-bond donors (Lipinski definition) is 1. The van der Waals surface area contributed by atoms with Gasteiger partial charge in [-0.15, -0.1) is 11.3 Å². The summed E-state index contributed by atoms with van der Waals surface area (Å²) < 4.78 is 8.75. The van der Waals surface area contributed by atoms with Gasteiger partial charge in [0.25, 0.3) is 5.91 Å². The fourth-order valence-corrected chi connectivity index (χ4v) is 6.45. The molecule has 1 aromatic carbocycles. The Morgan fingerprint density at radius 2 is 1.93 bits per heavy atom. The summed E-state index contributed by atoms with van der Waals surface area (Å²) in [5.41, 5.74) is 1.84. The lowest BCUT2D eigenvalue weighted by atomic mass is 9.80. The summed E-state index contributed by atoms with van der Waals surface area (Å²) in [6.07, 6.45) is 7.00. The number of amides is 1. The second kappa shape index (κ2) is 7.13. The van der Waals surface area contributed by atoms with Crippen LogP contribution in [0.25, 0.3) is 20.4 Å². The second-order valence-corrected chi connectivity index (χ2v) is 9.93. The molecule has 2 unspecified atom stereocenters. The molecular formula is C19H17N3O3S3. The molecule has 0 bridgehead atoms. The van der Waals surface area contributed by atoms with Gasteiger partial charge in [-0.05, 0) is 37.7 Å². The highest BCUT2D eigenvalue weighted by molar-refractivity contribution is 8.00. The Balaban J connectivity index is 1.42. The molecule has 28 heavy (non-hydrogen) atoms. The van der Waals surface area contributed by atoms with Crippen molar-refractivity contribution in [1.29, 1.82) is 0 Å². The second-order valence-electron chi connectivity index (χ2n) is 6.88. The standard InChI is InChI=1S/C19H17N3O3S3/c1-26-19-21-12-7-6-11-15(16(12)28-19)27-18(20-11)22-17(24)10-8-25-13-5-3-2-4-9(13)14(10)23/h6-9,13H,2-5H2,1H3,(H,20,22,24). The minimum atomic E-state index is -0.446. The Bertz CT molecular complexity index is 1130. The summed E-state index contributed by atoms with van der Waals surface area (Å²) in [4.78, 5) is 34.6. The molecule has 1 N–H and O–H groups in total. The average molecular weight is 432 g/mol. The fraction of sp³-hybridized carbons (Fsp3) is 0.368. The van der Waals surface area contributed by atoms with Gasteiger partial charge in [0.05, 0.1) is 32.6 Å². The number of hydrogen-bond acceptors (Lipinski definition) is 8. The summed E-state index contributed by atoms with van der Waals surface area (Å²) in [5.74, 6) is -0.751. The van der Waals surface area contributed by atoms with E-state index in [0.29, 0.717) is 5.13 Å². The minimum absolute atomic E-state index is 0.0782. The Morgan fingerprint density at radius 3 is 2.75 bits per heavy atom. The van der Waals surface area contributed by atoms with E-state index in [1.165, 1.54) is 17.6 Å². The number of rotatable bonds is 3. The molecule has 3 aromatic rings. The molecule has 1 aliphatic carbocycles. The van der Waals surface area contributed by atoms with Crippen LogP contribution in [0.3, 0.4) is 0 Å². The van der Waals surface area contributed by atoms with Crippen molar-refractivity contribution in [2.24, 2.45) is 5.92 Å². The van der Waals surface area contributed by atoms with Gasteiger partial charge < -0.3 is 4.74 Å². The van der Waals surface area contributed by atoms with Crippen LogP contribution in [0.5, 0.6) is 0 Å². The van der Waals surface area contributed by atoms with Crippen LogP contribution in [0, 0.1) is 5.92 Å². The number of anilines is 1. The summed E-state index contributed by atoms with van der Waals surface area (Å²) >= 11 is 4.64. The third-order valence-corrected chi connectivity index (χ3v) is 8.40. The molecule has 1 aliphatic heterocycles. The molecule has 2 aromatic heterocycles. The van der Waals surface area contributed by atoms with Crippen LogP contribution < -0.4 is 5.32 Å². The molecule has 0 radical (unpaired) electrons. The van der Waals surface area contributed by atoms with Crippen molar-refractivity contribution >= 4 is 71.7 Å². The van der Waals surface area contributed by atoms with Gasteiger partial charge in [-0.25, -0.2) is 9.97 Å². The molecule has 2 aliphatic rings. The molecular weight excluding hydrogens is 414 g/mol. The van der Waals surface area contributed by atoms with E-state index in [1.54, 1.807) is 23.1 Å². The van der Waals surface area contributed by atoms with Gasteiger partial charge in [0, 0.05) is 0 Å². The van der Waals surface area contributed by atoms with Crippen LogP contribution in [0.4, 0.5) is 5.13 Å². The zero-order valence-electron chi connectivity index (χ0n) is 15.1. The van der Waals surface area contributed by atoms with E-state index in [0.717, 1.165) is 50.5 Å². The zero-order chi connectivity index (χ0) is 19.3. The van der Waals surface area contributed by atoms with Crippen molar-refractivity contribution in [3.8, 4) is 0 Å². The zero-order valence-corrected chi connectivity index (χ0v) is 17.5. The van der Waals surface area contributed by atoms with Gasteiger partial charge in [-0.2, -0.15) is 0 Å². The Hall–Kier alpha value is -1.97. The lowest BCUT2D eigenvalue weighted by Gasteiger charge is -2.33. The number of fused-ring (bicyclic) bond motifs is 4. The van der Waals surface area contributed by atoms with E-state index in [-0.39, 0.29) is 23.4 Å². The molecule has 0 spiro atoms. The first-order valence-electron chi connectivity index (χ1n) is 9.09. The van der Waals surface area contributed by atoms with Gasteiger partial charge in [0.1, 0.15) is 11.7 Å². The minimum Gasteiger partial charge on any atom is -0.496 e. The first kappa shape index (κ1) is 18.1. The Kier molecular flexibility index (Phi) is 4.60. The monoisotopic (exact) mass is 431 g/mol. The Labute approximate surface area is 173 Å². The average Bonchev–Trinajstić information content (AvgIpc) is 3.31. The molecule has 2 atom stereocenters. The highest BCUT2D eigenvalue weighted by atomic mass is 32.2. The molecule has 6 nitrogen and oxygen atoms in total. The van der Waals surface area contributed by atoms with E-state index in [2.05, 4.69) is 15.3 Å². The molecule has 1 fully saturated rings. The maximum atomic E-state index is 12.7. The number of carbonyl (C=O) groups excluding carboxylic acids is 2. The normalized spacial score (nSPS) is 22.0. The quantitative estimate of drug-likeness (QED) is 0.482. The number of nitrogens with zero attached hydrogens (tertiary/aromatic N) is 2. The van der Waals surface area contributed by atoms with Gasteiger partial charge in [0.2, 0.25) is 0 Å². The van der Waals surface area contributed by atoms with Crippen molar-refractivity contribution in [1.82, 2.24) is 9.97 Å². The predicted molar refractivity (Wildman–Crippen MR) is 113 cm³/mol. The van der Waals surface area contributed by atoms with Crippen molar-refractivity contribution < 1.29 is 14.3 Å². The summed E-state index contributed by atoms with van der Waals surface area (Å²) in [5, 5.41) is 3.27. The molecule has 1 amide bonds.